The topological polar surface area (TPSA) is 136 Å². The molecule has 0 aromatic heterocycles. The van der Waals surface area contributed by atoms with E-state index in [4.69, 9.17) is 23.7 Å². The van der Waals surface area contributed by atoms with Crippen LogP contribution in [0.4, 0.5) is 0 Å². The van der Waals surface area contributed by atoms with Crippen LogP contribution in [0.25, 0.3) is 11.1 Å². The van der Waals surface area contributed by atoms with E-state index < -0.39 is 41.5 Å². The molecule has 2 atom stereocenters. The molecule has 0 bridgehead atoms. The summed E-state index contributed by atoms with van der Waals surface area (Å²) in [6.07, 6.45) is 1.25. The quantitative estimate of drug-likeness (QED) is 0.458. The number of carbonyl (C=O) groups excluding carboxylic acids is 2. The van der Waals surface area contributed by atoms with Gasteiger partial charge in [-0.3, -0.25) is 14.4 Å². The summed E-state index contributed by atoms with van der Waals surface area (Å²) in [6.45, 7) is 6.44. The van der Waals surface area contributed by atoms with Gasteiger partial charge in [0.2, 0.25) is 11.2 Å². The van der Waals surface area contributed by atoms with Crippen LogP contribution in [0.5, 0.6) is 23.0 Å². The minimum Gasteiger partial charge on any atom is -0.784 e. The van der Waals surface area contributed by atoms with Gasteiger partial charge in [-0.1, -0.05) is 6.07 Å². The van der Waals surface area contributed by atoms with Gasteiger partial charge in [0.25, 0.3) is 5.91 Å². The number of nitrogens with one attached hydrogen (secondary N) is 1. The average Bonchev–Trinajstić information content (AvgIpc) is 3.10. The van der Waals surface area contributed by atoms with Gasteiger partial charge in [-0.2, -0.15) is 0 Å². The number of hydroxylamine groups is 2. The number of ether oxygens (including phenoxy) is 5. The molecule has 0 spiro atoms. The predicted octanol–water partition coefficient (Wildman–Crippen LogP) is 3.77. The molecular formula is C31H39N2O9-. The Balaban J connectivity index is 1.67. The molecule has 2 aliphatic rings. The summed E-state index contributed by atoms with van der Waals surface area (Å²) in [6, 6.07) is 6.04. The first-order valence-corrected chi connectivity index (χ1v) is 13.8. The number of rotatable bonds is 8. The highest BCUT2D eigenvalue weighted by Crippen LogP contribution is 2.50. The molecule has 1 N–H and O–H groups in total. The van der Waals surface area contributed by atoms with Gasteiger partial charge in [-0.05, 0) is 81.8 Å². The molecule has 11 heteroatoms. The van der Waals surface area contributed by atoms with Crippen molar-refractivity contribution >= 4 is 11.9 Å². The maximum Gasteiger partial charge on any atom is 0.311 e. The molecule has 2 aromatic carbocycles. The second-order valence-corrected chi connectivity index (χ2v) is 11.7. The third-order valence-electron chi connectivity index (χ3n) is 8.32. The number of fused-ring (bicyclic) bond motifs is 3. The lowest BCUT2D eigenvalue weighted by molar-refractivity contribution is -0.154. The molecule has 42 heavy (non-hydrogen) atoms. The SMILES string of the molecule is COc1cc2c(c(OC)c1OC)-c1ccc(OC)c(=O)cc1[C@@H](NC(=O)COC(=O)[C@H]1CC(C)(C)N([O-])C1(C)C)CC2. The van der Waals surface area contributed by atoms with Gasteiger partial charge in [-0.25, -0.2) is 0 Å². The summed E-state index contributed by atoms with van der Waals surface area (Å²) in [4.78, 5) is 39.2. The Labute approximate surface area is 245 Å². The van der Waals surface area contributed by atoms with E-state index >= 15 is 0 Å². The van der Waals surface area contributed by atoms with Gasteiger partial charge < -0.3 is 39.3 Å². The monoisotopic (exact) mass is 583 g/mol. The Kier molecular flexibility index (Phi) is 8.75. The summed E-state index contributed by atoms with van der Waals surface area (Å²) in [5.41, 5.74) is 0.719. The molecule has 0 radical (unpaired) electrons. The first kappa shape index (κ1) is 31.1. The molecule has 2 aromatic rings. The van der Waals surface area contributed by atoms with Crippen molar-refractivity contribution in [1.82, 2.24) is 10.4 Å². The summed E-state index contributed by atoms with van der Waals surface area (Å²) in [5, 5.41) is 16.6. The van der Waals surface area contributed by atoms with Crippen molar-refractivity contribution in [2.24, 2.45) is 5.92 Å². The van der Waals surface area contributed by atoms with Crippen LogP contribution >= 0.6 is 0 Å². The third-order valence-corrected chi connectivity index (χ3v) is 8.32. The van der Waals surface area contributed by atoms with Gasteiger partial charge >= 0.3 is 5.97 Å². The average molecular weight is 584 g/mol. The van der Waals surface area contributed by atoms with E-state index in [2.05, 4.69) is 5.32 Å². The Morgan fingerprint density at radius 3 is 2.21 bits per heavy atom. The lowest BCUT2D eigenvalue weighted by atomic mass is 9.87. The van der Waals surface area contributed by atoms with E-state index in [9.17, 15) is 19.6 Å². The van der Waals surface area contributed by atoms with E-state index in [1.54, 1.807) is 39.8 Å². The summed E-state index contributed by atoms with van der Waals surface area (Å²) < 4.78 is 27.7. The fraction of sp³-hybridized carbons (Fsp3) is 0.516. The fourth-order valence-corrected chi connectivity index (χ4v) is 6.22. The maximum absolute atomic E-state index is 13.2. The van der Waals surface area contributed by atoms with E-state index in [1.165, 1.54) is 34.5 Å². The Hall–Kier alpha value is -3.83. The van der Waals surface area contributed by atoms with Crippen molar-refractivity contribution in [3.05, 3.63) is 50.8 Å². The summed E-state index contributed by atoms with van der Waals surface area (Å²) in [5.74, 6) is -0.364. The zero-order chi connectivity index (χ0) is 31.0. The lowest BCUT2D eigenvalue weighted by Crippen LogP contribution is -2.47. The first-order valence-electron chi connectivity index (χ1n) is 13.8. The van der Waals surface area contributed by atoms with E-state index in [0.29, 0.717) is 53.2 Å². The summed E-state index contributed by atoms with van der Waals surface area (Å²) in [7, 11) is 5.99. The van der Waals surface area contributed by atoms with Crippen molar-refractivity contribution in [3.63, 3.8) is 0 Å². The van der Waals surface area contributed by atoms with E-state index in [0.717, 1.165) is 10.6 Å². The predicted molar refractivity (Wildman–Crippen MR) is 156 cm³/mol. The lowest BCUT2D eigenvalue weighted by Gasteiger charge is -2.47. The van der Waals surface area contributed by atoms with E-state index in [-0.39, 0.29) is 11.2 Å². The third kappa shape index (κ3) is 5.50. The highest BCUT2D eigenvalue weighted by atomic mass is 16.5. The molecule has 1 amide bonds. The van der Waals surface area contributed by atoms with Crippen LogP contribution in [0.1, 0.15) is 57.7 Å². The molecule has 11 nitrogen and oxygen atoms in total. The molecule has 1 aliphatic heterocycles. The van der Waals surface area contributed by atoms with Crippen molar-refractivity contribution < 1.29 is 33.3 Å². The number of benzene rings is 1. The van der Waals surface area contributed by atoms with Crippen molar-refractivity contribution in [3.8, 4) is 34.1 Å². The normalized spacial score (nSPS) is 20.4. The van der Waals surface area contributed by atoms with Crippen LogP contribution in [0, 0.1) is 11.1 Å². The van der Waals surface area contributed by atoms with Crippen LogP contribution in [0.2, 0.25) is 0 Å². The highest BCUT2D eigenvalue weighted by molar-refractivity contribution is 5.85. The van der Waals surface area contributed by atoms with Crippen molar-refractivity contribution in [2.75, 3.05) is 35.0 Å². The molecule has 1 aliphatic carbocycles. The minimum atomic E-state index is -0.970. The number of esters is 1. The molecule has 4 rings (SSSR count). The first-order chi connectivity index (χ1) is 19.8. The number of aryl methyl sites for hydroxylation is 1. The number of hydrogen-bond acceptors (Lipinski definition) is 10. The number of methoxy groups -OCH3 is 4. The molecule has 0 saturated carbocycles. The number of hydrogen-bond donors (Lipinski definition) is 1. The Morgan fingerprint density at radius 1 is 0.976 bits per heavy atom. The summed E-state index contributed by atoms with van der Waals surface area (Å²) >= 11 is 0. The highest BCUT2D eigenvalue weighted by Gasteiger charge is 2.50. The van der Waals surface area contributed by atoms with Crippen molar-refractivity contribution in [2.45, 2.75) is 64.1 Å². The maximum atomic E-state index is 13.2. The number of carbonyl (C=O) groups is 2. The van der Waals surface area contributed by atoms with Gasteiger partial charge in [0.1, 0.15) is 0 Å². The molecular weight excluding hydrogens is 544 g/mol. The van der Waals surface area contributed by atoms with Gasteiger partial charge in [-0.15, -0.1) is 0 Å². The molecule has 228 valence electrons. The van der Waals surface area contributed by atoms with Crippen LogP contribution in [-0.2, 0) is 20.7 Å². The largest absolute Gasteiger partial charge is 0.784 e. The van der Waals surface area contributed by atoms with Gasteiger partial charge in [0.15, 0.2) is 23.9 Å². The van der Waals surface area contributed by atoms with Gasteiger partial charge in [0, 0.05) is 16.6 Å². The standard InChI is InChI=1S/C31H39N2O9/c1-30(2)15-20(31(3,4)33(30)37)29(36)42-16-25(35)32-21-11-9-17-13-24(39-6)27(40-7)28(41-8)26(17)18-10-12-23(38-5)22(34)14-19(18)21/h10,12-14,20-21H,9,11,15-16H2,1-8H3,(H,32,35)/q-1/t20-,21+/m1/s1. The second kappa shape index (κ2) is 11.8. The van der Waals surface area contributed by atoms with Crippen LogP contribution in [0.3, 0.4) is 0 Å². The molecule has 1 fully saturated rings. The molecule has 1 saturated heterocycles. The molecule has 1 heterocycles. The number of amides is 1. The van der Waals surface area contributed by atoms with Gasteiger partial charge in [0.05, 0.1) is 40.4 Å². The zero-order valence-corrected chi connectivity index (χ0v) is 25.4. The van der Waals surface area contributed by atoms with Crippen LogP contribution in [0.15, 0.2) is 29.1 Å². The Bertz CT molecular complexity index is 1440. The second-order valence-electron chi connectivity index (χ2n) is 11.7. The van der Waals surface area contributed by atoms with Crippen LogP contribution in [-0.4, -0.2) is 63.1 Å². The smallest absolute Gasteiger partial charge is 0.311 e. The van der Waals surface area contributed by atoms with Crippen LogP contribution < -0.4 is 29.7 Å². The van der Waals surface area contributed by atoms with E-state index in [1.807, 2.05) is 6.07 Å². The Morgan fingerprint density at radius 2 is 1.64 bits per heavy atom. The minimum absolute atomic E-state index is 0.137. The zero-order valence-electron chi connectivity index (χ0n) is 25.4. The van der Waals surface area contributed by atoms with Crippen molar-refractivity contribution in [1.29, 1.82) is 0 Å². The fourth-order valence-electron chi connectivity index (χ4n) is 6.22. The molecule has 0 unspecified atom stereocenters. The number of nitrogens with zero attached hydrogens (tertiary/aromatic N) is 1.